The highest BCUT2D eigenvalue weighted by molar-refractivity contribution is 5.97. The molecule has 2 aromatic rings. The normalized spacial score (nSPS) is 10.7. The number of hydrogen-bond donors (Lipinski definition) is 0. The molecule has 0 aromatic carbocycles. The average Bonchev–Trinajstić information content (AvgIpc) is 2.65. The monoisotopic (exact) mass is 237 g/mol. The fraction of sp³-hybridized carbons (Fsp3) is 0.364. The van der Waals surface area contributed by atoms with Crippen LogP contribution >= 0.6 is 0 Å². The van der Waals surface area contributed by atoms with Crippen molar-refractivity contribution < 1.29 is 13.9 Å². The number of carbonyl (C=O) groups is 1. The number of halogens is 1. The van der Waals surface area contributed by atoms with Gasteiger partial charge in [-0.1, -0.05) is 0 Å². The van der Waals surface area contributed by atoms with Crippen molar-refractivity contribution in [1.29, 1.82) is 0 Å². The van der Waals surface area contributed by atoms with E-state index in [4.69, 9.17) is 4.74 Å². The van der Waals surface area contributed by atoms with Gasteiger partial charge in [-0.05, 0) is 13.0 Å². The van der Waals surface area contributed by atoms with E-state index in [1.165, 1.54) is 4.52 Å². The number of rotatable bonds is 4. The zero-order chi connectivity index (χ0) is 12.3. The summed E-state index contributed by atoms with van der Waals surface area (Å²) in [5, 5.41) is 4.14. The molecule has 0 spiro atoms. The number of aromatic nitrogens is 3. The summed E-state index contributed by atoms with van der Waals surface area (Å²) in [6.45, 7) is 1.28. The third-order valence-electron chi connectivity index (χ3n) is 2.29. The van der Waals surface area contributed by atoms with E-state index in [2.05, 4.69) is 10.1 Å². The van der Waals surface area contributed by atoms with E-state index < -0.39 is 12.6 Å². The van der Waals surface area contributed by atoms with Crippen molar-refractivity contribution in [2.24, 2.45) is 0 Å². The Labute approximate surface area is 97.2 Å². The van der Waals surface area contributed by atoms with Crippen LogP contribution in [0.5, 0.6) is 0 Å². The van der Waals surface area contributed by atoms with Gasteiger partial charge in [-0.2, -0.15) is 5.10 Å². The van der Waals surface area contributed by atoms with Crippen LogP contribution in [-0.4, -0.2) is 33.8 Å². The van der Waals surface area contributed by atoms with E-state index in [1.807, 2.05) is 0 Å². The lowest BCUT2D eigenvalue weighted by molar-refractivity contribution is 0.0495. The van der Waals surface area contributed by atoms with E-state index in [0.29, 0.717) is 16.9 Å². The molecule has 5 nitrogen and oxygen atoms in total. The molecule has 2 aromatic heterocycles. The lowest BCUT2D eigenvalue weighted by Crippen LogP contribution is -2.08. The van der Waals surface area contributed by atoms with Gasteiger partial charge in [0, 0.05) is 18.8 Å². The second kappa shape index (κ2) is 4.90. The van der Waals surface area contributed by atoms with Crippen LogP contribution in [0.1, 0.15) is 22.5 Å². The zero-order valence-electron chi connectivity index (χ0n) is 9.39. The first-order valence-corrected chi connectivity index (χ1v) is 5.27. The van der Waals surface area contributed by atoms with E-state index in [9.17, 15) is 9.18 Å². The second-order valence-corrected chi connectivity index (χ2v) is 3.53. The van der Waals surface area contributed by atoms with Crippen LogP contribution in [0.2, 0.25) is 0 Å². The van der Waals surface area contributed by atoms with E-state index in [0.717, 1.165) is 0 Å². The highest BCUT2D eigenvalue weighted by Crippen LogP contribution is 2.13. The number of carbonyl (C=O) groups excluding carboxylic acids is 1. The fourth-order valence-corrected chi connectivity index (χ4v) is 1.53. The third kappa shape index (κ3) is 2.25. The highest BCUT2D eigenvalue weighted by atomic mass is 19.1. The molecule has 0 fully saturated rings. The summed E-state index contributed by atoms with van der Waals surface area (Å²) in [6.07, 6.45) is 3.49. The fourth-order valence-electron chi connectivity index (χ4n) is 1.53. The highest BCUT2D eigenvalue weighted by Gasteiger charge is 2.19. The molecule has 90 valence electrons. The molecule has 2 rings (SSSR count). The minimum atomic E-state index is -0.510. The van der Waals surface area contributed by atoms with Gasteiger partial charge < -0.3 is 4.74 Å². The molecular weight excluding hydrogens is 225 g/mol. The van der Waals surface area contributed by atoms with E-state index >= 15 is 0 Å². The van der Waals surface area contributed by atoms with Crippen molar-refractivity contribution in [2.45, 2.75) is 13.3 Å². The number of alkyl halides is 1. The first kappa shape index (κ1) is 11.5. The Morgan fingerprint density at radius 1 is 1.59 bits per heavy atom. The van der Waals surface area contributed by atoms with Gasteiger partial charge in [0.2, 0.25) is 0 Å². The van der Waals surface area contributed by atoms with Crippen LogP contribution in [0.25, 0.3) is 5.65 Å². The predicted molar refractivity (Wildman–Crippen MR) is 58.6 cm³/mol. The predicted octanol–water partition coefficient (Wildman–Crippen LogP) is 1.55. The Hall–Kier alpha value is -1.98. The lowest BCUT2D eigenvalue weighted by atomic mass is 10.2. The molecule has 0 saturated carbocycles. The minimum Gasteiger partial charge on any atom is -0.462 e. The van der Waals surface area contributed by atoms with Gasteiger partial charge in [-0.25, -0.2) is 14.3 Å². The van der Waals surface area contributed by atoms with Crippen LogP contribution in [0.15, 0.2) is 18.5 Å². The van der Waals surface area contributed by atoms with E-state index in [-0.39, 0.29) is 13.0 Å². The van der Waals surface area contributed by atoms with Crippen LogP contribution < -0.4 is 0 Å². The molecule has 17 heavy (non-hydrogen) atoms. The maximum Gasteiger partial charge on any atom is 0.343 e. The number of hydrogen-bond acceptors (Lipinski definition) is 4. The maximum absolute atomic E-state index is 11.9. The molecule has 0 aliphatic carbocycles. The number of aryl methyl sites for hydroxylation is 1. The standard InChI is InChI=1S/C11H12FN3O2/c1-8-9(11(16)17-7-2-4-12)10-13-5-3-6-15(10)14-8/h3,5-6H,2,4,7H2,1H3. The summed E-state index contributed by atoms with van der Waals surface area (Å²) in [5.41, 5.74) is 1.34. The molecule has 6 heteroatoms. The second-order valence-electron chi connectivity index (χ2n) is 3.53. The van der Waals surface area contributed by atoms with Gasteiger partial charge in [-0.15, -0.1) is 0 Å². The van der Waals surface area contributed by atoms with Crippen LogP contribution in [0.3, 0.4) is 0 Å². The first-order valence-electron chi connectivity index (χ1n) is 5.27. The molecule has 0 amide bonds. The topological polar surface area (TPSA) is 56.5 Å². The zero-order valence-corrected chi connectivity index (χ0v) is 9.39. The molecule has 0 unspecified atom stereocenters. The summed E-state index contributed by atoms with van der Waals surface area (Å²) in [7, 11) is 0. The molecule has 0 bridgehead atoms. The minimum absolute atomic E-state index is 0.0684. The quantitative estimate of drug-likeness (QED) is 0.598. The molecule has 0 N–H and O–H groups in total. The van der Waals surface area contributed by atoms with Gasteiger partial charge in [0.05, 0.1) is 19.0 Å². The molecule has 0 radical (unpaired) electrons. The average molecular weight is 237 g/mol. The van der Waals surface area contributed by atoms with Gasteiger partial charge in [0.25, 0.3) is 0 Å². The van der Waals surface area contributed by atoms with Crippen molar-refractivity contribution in [1.82, 2.24) is 14.6 Å². The summed E-state index contributed by atoms with van der Waals surface area (Å²) in [6, 6.07) is 1.72. The number of ether oxygens (including phenoxy) is 1. The van der Waals surface area contributed by atoms with E-state index in [1.54, 1.807) is 25.4 Å². The largest absolute Gasteiger partial charge is 0.462 e. The Bertz CT molecular complexity index is 538. The third-order valence-corrected chi connectivity index (χ3v) is 2.29. The van der Waals surface area contributed by atoms with Crippen LogP contribution in [0.4, 0.5) is 4.39 Å². The van der Waals surface area contributed by atoms with Crippen molar-refractivity contribution in [3.8, 4) is 0 Å². The lowest BCUT2D eigenvalue weighted by Gasteiger charge is -2.01. The summed E-state index contributed by atoms with van der Waals surface area (Å²) >= 11 is 0. The Balaban J connectivity index is 2.28. The van der Waals surface area contributed by atoms with Crippen molar-refractivity contribution in [3.63, 3.8) is 0 Å². The van der Waals surface area contributed by atoms with Gasteiger partial charge >= 0.3 is 5.97 Å². The van der Waals surface area contributed by atoms with Crippen molar-refractivity contribution in [3.05, 3.63) is 29.7 Å². The van der Waals surface area contributed by atoms with Crippen LogP contribution in [-0.2, 0) is 4.74 Å². The van der Waals surface area contributed by atoms with Gasteiger partial charge in [-0.3, -0.25) is 4.39 Å². The Kier molecular flexibility index (Phi) is 3.32. The molecule has 2 heterocycles. The molecule has 0 aliphatic rings. The SMILES string of the molecule is Cc1nn2cccnc2c1C(=O)OCCCF. The maximum atomic E-state index is 11.9. The Morgan fingerprint density at radius 3 is 3.18 bits per heavy atom. The molecule has 0 atom stereocenters. The van der Waals surface area contributed by atoms with Gasteiger partial charge in [0.15, 0.2) is 5.65 Å². The van der Waals surface area contributed by atoms with Crippen molar-refractivity contribution >= 4 is 11.6 Å². The first-order chi connectivity index (χ1) is 8.24. The van der Waals surface area contributed by atoms with Gasteiger partial charge in [0.1, 0.15) is 5.56 Å². The Morgan fingerprint density at radius 2 is 2.41 bits per heavy atom. The summed E-state index contributed by atoms with van der Waals surface area (Å²) in [5.74, 6) is -0.510. The summed E-state index contributed by atoms with van der Waals surface area (Å²) < 4.78 is 18.4. The number of nitrogens with zero attached hydrogens (tertiary/aromatic N) is 3. The van der Waals surface area contributed by atoms with Crippen molar-refractivity contribution in [2.75, 3.05) is 13.3 Å². The summed E-state index contributed by atoms with van der Waals surface area (Å²) in [4.78, 5) is 15.9. The smallest absolute Gasteiger partial charge is 0.343 e. The molecule has 0 saturated heterocycles. The van der Waals surface area contributed by atoms with Crippen LogP contribution in [0, 0.1) is 6.92 Å². The number of fused-ring (bicyclic) bond motifs is 1. The molecule has 0 aliphatic heterocycles. The number of esters is 1. The molecular formula is C11H12FN3O2.